The zero-order valence-corrected chi connectivity index (χ0v) is 13.4. The molecule has 0 bridgehead atoms. The van der Waals surface area contributed by atoms with Crippen LogP contribution in [0.1, 0.15) is 62.9 Å². The maximum Gasteiger partial charge on any atom is 0.262 e. The molecule has 0 aromatic carbocycles. The lowest BCUT2D eigenvalue weighted by atomic mass is 9.80. The molecule has 5 nitrogen and oxygen atoms in total. The maximum atomic E-state index is 5.94. The molecule has 114 valence electrons. The minimum absolute atomic E-state index is 0.434. The molecule has 2 aromatic heterocycles. The topological polar surface area (TPSA) is 77.8 Å². The van der Waals surface area contributed by atoms with Crippen molar-refractivity contribution >= 4 is 16.5 Å². The molecule has 1 fully saturated rings. The predicted octanol–water partition coefficient (Wildman–Crippen LogP) is 4.16. The number of hydrogen-bond acceptors (Lipinski definition) is 6. The zero-order valence-electron chi connectivity index (χ0n) is 12.6. The van der Waals surface area contributed by atoms with Crippen LogP contribution in [-0.2, 0) is 0 Å². The molecule has 2 N–H and O–H groups in total. The number of aryl methyl sites for hydroxylation is 1. The van der Waals surface area contributed by atoms with Crippen LogP contribution >= 0.6 is 11.5 Å². The van der Waals surface area contributed by atoms with Crippen LogP contribution < -0.4 is 5.73 Å². The number of nitrogens with two attached hydrogens (primary N) is 1. The van der Waals surface area contributed by atoms with Crippen molar-refractivity contribution in [1.82, 2.24) is 14.5 Å². The summed E-state index contributed by atoms with van der Waals surface area (Å²) >= 11 is 1.28. The molecule has 0 spiro atoms. The third kappa shape index (κ3) is 2.95. The lowest BCUT2D eigenvalue weighted by Gasteiger charge is -2.26. The summed E-state index contributed by atoms with van der Waals surface area (Å²) in [6.07, 6.45) is 7.53. The first-order valence-electron chi connectivity index (χ1n) is 7.74. The Hall–Kier alpha value is -1.43. The number of aromatic nitrogens is 3. The average molecular weight is 306 g/mol. The van der Waals surface area contributed by atoms with E-state index in [1.807, 2.05) is 6.92 Å². The molecule has 0 saturated heterocycles. The Labute approximate surface area is 129 Å². The van der Waals surface area contributed by atoms with Gasteiger partial charge < -0.3 is 10.3 Å². The first kappa shape index (κ1) is 14.5. The maximum absolute atomic E-state index is 5.94. The van der Waals surface area contributed by atoms with E-state index in [4.69, 9.17) is 10.3 Å². The Morgan fingerprint density at radius 2 is 2.05 bits per heavy atom. The minimum atomic E-state index is 0.434. The standard InChI is InChI=1S/C15H22N4OS/c1-3-4-10-5-7-11(8-6-10)14-17-15(20-18-14)12-9(2)19-21-13(12)16/h10-11H,3-8,16H2,1-2H3. The van der Waals surface area contributed by atoms with E-state index in [9.17, 15) is 0 Å². The van der Waals surface area contributed by atoms with E-state index in [0.29, 0.717) is 16.8 Å². The summed E-state index contributed by atoms with van der Waals surface area (Å²) in [5, 5.41) is 4.83. The Kier molecular flexibility index (Phi) is 4.24. The summed E-state index contributed by atoms with van der Waals surface area (Å²) < 4.78 is 9.66. The molecule has 1 saturated carbocycles. The quantitative estimate of drug-likeness (QED) is 0.917. The van der Waals surface area contributed by atoms with Gasteiger partial charge in [-0.1, -0.05) is 24.9 Å². The van der Waals surface area contributed by atoms with Crippen molar-refractivity contribution < 1.29 is 4.52 Å². The van der Waals surface area contributed by atoms with Gasteiger partial charge in [-0.25, -0.2) is 0 Å². The normalized spacial score (nSPS) is 22.6. The van der Waals surface area contributed by atoms with Crippen LogP contribution in [0.2, 0.25) is 0 Å². The molecule has 2 aromatic rings. The summed E-state index contributed by atoms with van der Waals surface area (Å²) in [6, 6.07) is 0. The van der Waals surface area contributed by atoms with Crippen LogP contribution in [-0.4, -0.2) is 14.5 Å². The Morgan fingerprint density at radius 3 is 2.67 bits per heavy atom. The number of anilines is 1. The van der Waals surface area contributed by atoms with Gasteiger partial charge in [0.15, 0.2) is 5.82 Å². The van der Waals surface area contributed by atoms with E-state index in [-0.39, 0.29) is 0 Å². The van der Waals surface area contributed by atoms with E-state index in [2.05, 4.69) is 21.4 Å². The molecular weight excluding hydrogens is 284 g/mol. The fourth-order valence-corrected chi connectivity index (χ4v) is 3.92. The van der Waals surface area contributed by atoms with Gasteiger partial charge in [-0.15, -0.1) is 0 Å². The smallest absolute Gasteiger partial charge is 0.262 e. The van der Waals surface area contributed by atoms with Crippen molar-refractivity contribution in [2.75, 3.05) is 5.73 Å². The molecule has 6 heteroatoms. The number of hydrogen-bond donors (Lipinski definition) is 1. The second-order valence-electron chi connectivity index (χ2n) is 5.97. The van der Waals surface area contributed by atoms with E-state index >= 15 is 0 Å². The first-order chi connectivity index (χ1) is 10.2. The van der Waals surface area contributed by atoms with Crippen LogP contribution in [0.25, 0.3) is 11.5 Å². The van der Waals surface area contributed by atoms with E-state index in [1.54, 1.807) is 0 Å². The molecule has 0 amide bonds. The fourth-order valence-electron chi connectivity index (χ4n) is 3.27. The number of rotatable bonds is 4. The van der Waals surface area contributed by atoms with Crippen LogP contribution in [0.4, 0.5) is 5.00 Å². The molecule has 1 aliphatic carbocycles. The van der Waals surface area contributed by atoms with E-state index < -0.39 is 0 Å². The Bertz CT molecular complexity index is 579. The number of nitrogens with zero attached hydrogens (tertiary/aromatic N) is 3. The minimum Gasteiger partial charge on any atom is -0.389 e. The molecule has 21 heavy (non-hydrogen) atoms. The second-order valence-corrected chi connectivity index (χ2v) is 6.78. The van der Waals surface area contributed by atoms with Crippen LogP contribution in [0, 0.1) is 12.8 Å². The van der Waals surface area contributed by atoms with Gasteiger partial charge in [-0.3, -0.25) is 0 Å². The summed E-state index contributed by atoms with van der Waals surface area (Å²) in [6.45, 7) is 4.18. The molecule has 3 rings (SSSR count). The van der Waals surface area contributed by atoms with Gasteiger partial charge in [0, 0.05) is 5.92 Å². The van der Waals surface area contributed by atoms with E-state index in [1.165, 1.54) is 50.1 Å². The van der Waals surface area contributed by atoms with Gasteiger partial charge >= 0.3 is 0 Å². The van der Waals surface area contributed by atoms with Crippen LogP contribution in [0.3, 0.4) is 0 Å². The SMILES string of the molecule is CCCC1CCC(c2noc(-c3c(C)nsc3N)n2)CC1. The van der Waals surface area contributed by atoms with Crippen molar-refractivity contribution in [2.24, 2.45) is 5.92 Å². The van der Waals surface area contributed by atoms with Gasteiger partial charge in [0.1, 0.15) is 5.00 Å². The van der Waals surface area contributed by atoms with Crippen molar-refractivity contribution in [1.29, 1.82) is 0 Å². The predicted molar refractivity (Wildman–Crippen MR) is 84.2 cm³/mol. The molecule has 2 heterocycles. The zero-order chi connectivity index (χ0) is 14.8. The highest BCUT2D eigenvalue weighted by Crippen LogP contribution is 2.38. The molecular formula is C15H22N4OS. The van der Waals surface area contributed by atoms with Crippen LogP contribution in [0.5, 0.6) is 0 Å². The average Bonchev–Trinajstić information content (AvgIpc) is 3.07. The first-order valence-corrected chi connectivity index (χ1v) is 8.52. The van der Waals surface area contributed by atoms with Gasteiger partial charge in [-0.05, 0) is 50.1 Å². The molecule has 1 aliphatic rings. The van der Waals surface area contributed by atoms with Crippen molar-refractivity contribution in [3.05, 3.63) is 11.5 Å². The van der Waals surface area contributed by atoms with Gasteiger partial charge in [-0.2, -0.15) is 9.36 Å². The highest BCUT2D eigenvalue weighted by molar-refractivity contribution is 7.10. The van der Waals surface area contributed by atoms with Crippen LogP contribution in [0.15, 0.2) is 4.52 Å². The summed E-state index contributed by atoms with van der Waals surface area (Å²) in [5.74, 6) is 2.68. The molecule has 0 radical (unpaired) electrons. The highest BCUT2D eigenvalue weighted by atomic mass is 32.1. The van der Waals surface area contributed by atoms with Crippen molar-refractivity contribution in [3.63, 3.8) is 0 Å². The largest absolute Gasteiger partial charge is 0.389 e. The molecule has 0 aliphatic heterocycles. The summed E-state index contributed by atoms with van der Waals surface area (Å²) in [7, 11) is 0. The van der Waals surface area contributed by atoms with Gasteiger partial charge in [0.05, 0.1) is 11.3 Å². The Morgan fingerprint density at radius 1 is 1.29 bits per heavy atom. The summed E-state index contributed by atoms with van der Waals surface area (Å²) in [5.41, 5.74) is 7.61. The van der Waals surface area contributed by atoms with Gasteiger partial charge in [0.2, 0.25) is 0 Å². The third-order valence-electron chi connectivity index (χ3n) is 4.45. The van der Waals surface area contributed by atoms with Gasteiger partial charge in [0.25, 0.3) is 5.89 Å². The highest BCUT2D eigenvalue weighted by Gasteiger charge is 2.26. The van der Waals surface area contributed by atoms with E-state index in [0.717, 1.165) is 23.0 Å². The van der Waals surface area contributed by atoms with Crippen molar-refractivity contribution in [3.8, 4) is 11.5 Å². The second kappa shape index (κ2) is 6.13. The Balaban J connectivity index is 1.72. The summed E-state index contributed by atoms with van der Waals surface area (Å²) in [4.78, 5) is 4.58. The molecule has 0 unspecified atom stereocenters. The lowest BCUT2D eigenvalue weighted by Crippen LogP contribution is -2.14. The fraction of sp³-hybridized carbons (Fsp3) is 0.667. The lowest BCUT2D eigenvalue weighted by molar-refractivity contribution is 0.296. The van der Waals surface area contributed by atoms with Crippen molar-refractivity contribution in [2.45, 2.75) is 58.3 Å². The third-order valence-corrected chi connectivity index (χ3v) is 5.22. The molecule has 0 atom stereocenters. The monoisotopic (exact) mass is 306 g/mol. The number of nitrogen functional groups attached to an aromatic ring is 1.